The highest BCUT2D eigenvalue weighted by Gasteiger charge is 2.12. The van der Waals surface area contributed by atoms with Crippen LogP contribution in [0, 0.1) is 6.92 Å². The number of aromatic hydroxyl groups is 1. The minimum absolute atomic E-state index is 0. The highest BCUT2D eigenvalue weighted by molar-refractivity contribution is 7.85. The van der Waals surface area contributed by atoms with Crippen LogP contribution in [0.15, 0.2) is 23.1 Å². The van der Waals surface area contributed by atoms with Gasteiger partial charge in [0.1, 0.15) is 10.6 Å². The standard InChI is InChI=1S/C7H8O4S.ClH/c1-5-2-3-6(8)4-7(5)12(9,10)11;/h2-4,8H,1H3,(H,9,10,11);1H. The predicted molar refractivity (Wildman–Crippen MR) is 49.9 cm³/mol. The molecule has 0 saturated carbocycles. The fourth-order valence-corrected chi connectivity index (χ4v) is 1.61. The zero-order valence-corrected chi connectivity index (χ0v) is 8.39. The first-order chi connectivity index (χ1) is 5.41. The fraction of sp³-hybridized carbons (Fsp3) is 0.143. The number of rotatable bonds is 1. The molecular weight excluding hydrogens is 216 g/mol. The molecule has 0 radical (unpaired) electrons. The SMILES string of the molecule is Cc1ccc(O)cc1S(=O)(=O)O.Cl. The zero-order chi connectivity index (χ0) is 9.35. The number of hydrogen-bond donors (Lipinski definition) is 2. The Balaban J connectivity index is 0.00000144. The maximum atomic E-state index is 10.7. The second kappa shape index (κ2) is 3.95. The Morgan fingerprint density at radius 1 is 1.31 bits per heavy atom. The molecule has 74 valence electrons. The first kappa shape index (κ1) is 12.2. The van der Waals surface area contributed by atoms with Crippen LogP contribution >= 0.6 is 12.4 Å². The third-order valence-electron chi connectivity index (χ3n) is 1.45. The molecule has 2 N–H and O–H groups in total. The molecule has 4 nitrogen and oxygen atoms in total. The molecule has 0 fully saturated rings. The Hall–Kier alpha value is -0.780. The van der Waals surface area contributed by atoms with E-state index in [1.165, 1.54) is 19.1 Å². The van der Waals surface area contributed by atoms with E-state index in [2.05, 4.69) is 0 Å². The van der Waals surface area contributed by atoms with Crippen molar-refractivity contribution < 1.29 is 18.1 Å². The molecule has 13 heavy (non-hydrogen) atoms. The van der Waals surface area contributed by atoms with Crippen molar-refractivity contribution in [3.05, 3.63) is 23.8 Å². The van der Waals surface area contributed by atoms with Crippen molar-refractivity contribution in [3.8, 4) is 5.75 Å². The lowest BCUT2D eigenvalue weighted by molar-refractivity contribution is 0.465. The second-order valence-electron chi connectivity index (χ2n) is 2.42. The molecule has 0 amide bonds. The zero-order valence-electron chi connectivity index (χ0n) is 6.76. The summed E-state index contributed by atoms with van der Waals surface area (Å²) >= 11 is 0. The molecule has 0 saturated heterocycles. The second-order valence-corrected chi connectivity index (χ2v) is 3.81. The number of halogens is 1. The molecule has 0 spiro atoms. The summed E-state index contributed by atoms with van der Waals surface area (Å²) in [5.74, 6) is -0.187. The molecule has 0 atom stereocenters. The van der Waals surface area contributed by atoms with Crippen molar-refractivity contribution in [3.63, 3.8) is 0 Å². The summed E-state index contributed by atoms with van der Waals surface area (Å²) in [5.41, 5.74) is 0.398. The summed E-state index contributed by atoms with van der Waals surface area (Å²) in [6, 6.07) is 3.77. The van der Waals surface area contributed by atoms with E-state index in [0.717, 1.165) is 6.07 Å². The number of benzene rings is 1. The topological polar surface area (TPSA) is 74.6 Å². The molecule has 0 aliphatic rings. The van der Waals surface area contributed by atoms with Crippen LogP contribution in [0.2, 0.25) is 0 Å². The first-order valence-corrected chi connectivity index (χ1v) is 4.62. The average Bonchev–Trinajstić information content (AvgIpc) is 1.92. The smallest absolute Gasteiger partial charge is 0.294 e. The van der Waals surface area contributed by atoms with E-state index in [0.29, 0.717) is 5.56 Å². The van der Waals surface area contributed by atoms with Crippen molar-refractivity contribution >= 4 is 22.5 Å². The minimum Gasteiger partial charge on any atom is -0.508 e. The van der Waals surface area contributed by atoms with Gasteiger partial charge in [-0.15, -0.1) is 12.4 Å². The maximum Gasteiger partial charge on any atom is 0.294 e. The molecule has 0 heterocycles. The van der Waals surface area contributed by atoms with Crippen LogP contribution in [-0.4, -0.2) is 18.1 Å². The lowest BCUT2D eigenvalue weighted by Crippen LogP contribution is -2.00. The summed E-state index contributed by atoms with van der Waals surface area (Å²) < 4.78 is 30.0. The largest absolute Gasteiger partial charge is 0.508 e. The van der Waals surface area contributed by atoms with Crippen molar-refractivity contribution in [1.29, 1.82) is 0 Å². The number of hydrogen-bond acceptors (Lipinski definition) is 3. The summed E-state index contributed by atoms with van der Waals surface area (Å²) in [6.07, 6.45) is 0. The quantitative estimate of drug-likeness (QED) is 0.707. The van der Waals surface area contributed by atoms with Crippen molar-refractivity contribution in [2.45, 2.75) is 11.8 Å². The van der Waals surface area contributed by atoms with Gasteiger partial charge in [-0.25, -0.2) is 0 Å². The van der Waals surface area contributed by atoms with E-state index in [9.17, 15) is 8.42 Å². The highest BCUT2D eigenvalue weighted by atomic mass is 35.5. The van der Waals surface area contributed by atoms with Gasteiger partial charge >= 0.3 is 0 Å². The lowest BCUT2D eigenvalue weighted by Gasteiger charge is -2.01. The van der Waals surface area contributed by atoms with Gasteiger partial charge in [0.15, 0.2) is 0 Å². The summed E-state index contributed by atoms with van der Waals surface area (Å²) in [6.45, 7) is 1.53. The van der Waals surface area contributed by atoms with Gasteiger partial charge in [0.05, 0.1) is 0 Å². The molecule has 6 heteroatoms. The molecule has 1 aromatic rings. The van der Waals surface area contributed by atoms with E-state index < -0.39 is 10.1 Å². The number of phenols is 1. The van der Waals surface area contributed by atoms with Gasteiger partial charge in [-0.3, -0.25) is 4.55 Å². The molecule has 0 aliphatic heterocycles. The first-order valence-electron chi connectivity index (χ1n) is 3.18. The normalized spacial score (nSPS) is 10.6. The molecule has 0 aromatic heterocycles. The van der Waals surface area contributed by atoms with Gasteiger partial charge < -0.3 is 5.11 Å². The molecule has 1 aromatic carbocycles. The number of aryl methyl sites for hydroxylation is 1. The summed E-state index contributed by atoms with van der Waals surface area (Å²) in [4.78, 5) is -0.262. The van der Waals surface area contributed by atoms with Gasteiger partial charge in [-0.1, -0.05) is 6.07 Å². The molecule has 0 aliphatic carbocycles. The Bertz CT molecular complexity index is 399. The van der Waals surface area contributed by atoms with Crippen molar-refractivity contribution in [2.24, 2.45) is 0 Å². The minimum atomic E-state index is -4.22. The van der Waals surface area contributed by atoms with Crippen LogP contribution < -0.4 is 0 Å². The molecule has 1 rings (SSSR count). The van der Waals surface area contributed by atoms with E-state index in [4.69, 9.17) is 9.66 Å². The van der Waals surface area contributed by atoms with Crippen molar-refractivity contribution in [1.82, 2.24) is 0 Å². The Morgan fingerprint density at radius 2 is 1.85 bits per heavy atom. The van der Waals surface area contributed by atoms with Crippen LogP contribution in [-0.2, 0) is 10.1 Å². The van der Waals surface area contributed by atoms with Gasteiger partial charge in [-0.05, 0) is 18.6 Å². The van der Waals surface area contributed by atoms with E-state index in [1.807, 2.05) is 0 Å². The van der Waals surface area contributed by atoms with Gasteiger partial charge in [0, 0.05) is 6.07 Å². The van der Waals surface area contributed by atoms with Gasteiger partial charge in [0.2, 0.25) is 0 Å². The Labute approximate surface area is 82.4 Å². The summed E-state index contributed by atoms with van der Waals surface area (Å²) in [7, 11) is -4.22. The average molecular weight is 225 g/mol. The van der Waals surface area contributed by atoms with Gasteiger partial charge in [-0.2, -0.15) is 8.42 Å². The van der Waals surface area contributed by atoms with Crippen molar-refractivity contribution in [2.75, 3.05) is 0 Å². The van der Waals surface area contributed by atoms with Crippen LogP contribution in [0.3, 0.4) is 0 Å². The Kier molecular flexibility index (Phi) is 3.71. The highest BCUT2D eigenvalue weighted by Crippen LogP contribution is 2.19. The van der Waals surface area contributed by atoms with E-state index in [-0.39, 0.29) is 23.1 Å². The van der Waals surface area contributed by atoms with Crippen LogP contribution in [0.1, 0.15) is 5.56 Å². The van der Waals surface area contributed by atoms with Crippen LogP contribution in [0.5, 0.6) is 5.75 Å². The predicted octanol–water partition coefficient (Wildman–Crippen LogP) is 1.37. The van der Waals surface area contributed by atoms with Crippen LogP contribution in [0.4, 0.5) is 0 Å². The number of phenolic OH excluding ortho intramolecular Hbond substituents is 1. The molecular formula is C7H9ClO4S. The third kappa shape index (κ3) is 2.87. The Morgan fingerprint density at radius 3 is 2.23 bits per heavy atom. The van der Waals surface area contributed by atoms with Gasteiger partial charge in [0.25, 0.3) is 10.1 Å². The third-order valence-corrected chi connectivity index (χ3v) is 2.45. The van der Waals surface area contributed by atoms with E-state index >= 15 is 0 Å². The van der Waals surface area contributed by atoms with E-state index in [1.54, 1.807) is 0 Å². The lowest BCUT2D eigenvalue weighted by atomic mass is 10.2. The van der Waals surface area contributed by atoms with Crippen LogP contribution in [0.25, 0.3) is 0 Å². The fourth-order valence-electron chi connectivity index (χ4n) is 0.867. The maximum absolute atomic E-state index is 10.7. The molecule has 0 unspecified atom stereocenters. The summed E-state index contributed by atoms with van der Waals surface area (Å²) in [5, 5.41) is 8.93. The monoisotopic (exact) mass is 224 g/mol. The molecule has 0 bridgehead atoms.